The van der Waals surface area contributed by atoms with Crippen LogP contribution in [0.1, 0.15) is 66.2 Å². The number of aliphatic carboxylic acids is 1. The number of aldehydes is 1. The summed E-state index contributed by atoms with van der Waals surface area (Å²) in [5.74, 6) is 0.166. The van der Waals surface area contributed by atoms with Gasteiger partial charge < -0.3 is 10.2 Å². The number of aliphatic hydroxyl groups is 1. The van der Waals surface area contributed by atoms with E-state index >= 15 is 0 Å². The van der Waals surface area contributed by atoms with Gasteiger partial charge in [-0.3, -0.25) is 9.59 Å². The normalized spacial score (nSPS) is 40.4. The van der Waals surface area contributed by atoms with Gasteiger partial charge in [0, 0.05) is 6.42 Å². The quantitative estimate of drug-likeness (QED) is 0.723. The number of aliphatic hydroxyl groups excluding tert-OH is 1. The monoisotopic (exact) mass is 336 g/mol. The molecule has 2 rings (SSSR count). The Morgan fingerprint density at radius 1 is 1.46 bits per heavy atom. The number of carboxylic acids is 1. The molecule has 24 heavy (non-hydrogen) atoms. The summed E-state index contributed by atoms with van der Waals surface area (Å²) in [4.78, 5) is 22.5. The van der Waals surface area contributed by atoms with E-state index in [0.29, 0.717) is 12.3 Å². The molecule has 0 amide bonds. The van der Waals surface area contributed by atoms with Crippen molar-refractivity contribution < 1.29 is 19.8 Å². The number of carboxylic acid groups (broad SMARTS) is 1. The van der Waals surface area contributed by atoms with Gasteiger partial charge in [-0.1, -0.05) is 27.7 Å². The third-order valence-electron chi connectivity index (χ3n) is 7.12. The van der Waals surface area contributed by atoms with Gasteiger partial charge >= 0.3 is 5.97 Å². The number of carbonyl (C=O) groups is 2. The fourth-order valence-corrected chi connectivity index (χ4v) is 5.23. The van der Waals surface area contributed by atoms with Crippen LogP contribution in [-0.4, -0.2) is 28.6 Å². The maximum Gasteiger partial charge on any atom is 0.303 e. The highest BCUT2D eigenvalue weighted by Crippen LogP contribution is 2.61. The molecule has 0 aromatic carbocycles. The molecule has 1 fully saturated rings. The van der Waals surface area contributed by atoms with E-state index in [2.05, 4.69) is 20.8 Å². The van der Waals surface area contributed by atoms with E-state index < -0.39 is 12.1 Å². The number of carbonyl (C=O) groups excluding carboxylic acids is 1. The fraction of sp³-hybridized carbons (Fsp3) is 0.800. The zero-order valence-electron chi connectivity index (χ0n) is 15.4. The second-order valence-electron chi connectivity index (χ2n) is 8.70. The summed E-state index contributed by atoms with van der Waals surface area (Å²) < 4.78 is 0. The Kier molecular flexibility index (Phi) is 5.58. The van der Waals surface area contributed by atoms with Crippen LogP contribution in [0.25, 0.3) is 0 Å². The zero-order chi connectivity index (χ0) is 18.1. The molecular formula is C20H32O4. The van der Waals surface area contributed by atoms with Gasteiger partial charge in [0.15, 0.2) is 0 Å². The van der Waals surface area contributed by atoms with Gasteiger partial charge in [-0.05, 0) is 72.3 Å². The number of allylic oxidation sites excluding steroid dienone is 1. The zero-order valence-corrected chi connectivity index (χ0v) is 15.4. The van der Waals surface area contributed by atoms with Crippen LogP contribution in [0.15, 0.2) is 11.6 Å². The van der Waals surface area contributed by atoms with Crippen molar-refractivity contribution in [2.75, 3.05) is 0 Å². The third-order valence-corrected chi connectivity index (χ3v) is 7.12. The van der Waals surface area contributed by atoms with Crippen molar-refractivity contribution >= 4 is 12.3 Å². The molecule has 0 aromatic rings. The molecule has 4 heteroatoms. The number of hydrogen-bond donors (Lipinski definition) is 2. The van der Waals surface area contributed by atoms with Gasteiger partial charge in [0.25, 0.3) is 0 Å². The van der Waals surface area contributed by atoms with E-state index in [9.17, 15) is 14.7 Å². The maximum absolute atomic E-state index is 11.6. The van der Waals surface area contributed by atoms with Crippen LogP contribution in [-0.2, 0) is 9.59 Å². The van der Waals surface area contributed by atoms with E-state index in [4.69, 9.17) is 5.11 Å². The number of fused-ring (bicyclic) bond motifs is 1. The Morgan fingerprint density at radius 2 is 2.12 bits per heavy atom. The molecule has 0 spiro atoms. The Balaban J connectivity index is 2.25. The highest BCUT2D eigenvalue weighted by molar-refractivity contribution is 5.76. The van der Waals surface area contributed by atoms with Gasteiger partial charge in [-0.25, -0.2) is 0 Å². The molecule has 0 unspecified atom stereocenters. The van der Waals surface area contributed by atoms with E-state index in [-0.39, 0.29) is 29.1 Å². The topological polar surface area (TPSA) is 74.6 Å². The summed E-state index contributed by atoms with van der Waals surface area (Å²) in [6.07, 6.45) is 6.89. The van der Waals surface area contributed by atoms with Gasteiger partial charge in [-0.15, -0.1) is 0 Å². The summed E-state index contributed by atoms with van der Waals surface area (Å²) in [6, 6.07) is 0. The molecule has 0 heterocycles. The Morgan fingerprint density at radius 3 is 2.71 bits per heavy atom. The first-order valence-corrected chi connectivity index (χ1v) is 9.20. The Labute approximate surface area is 145 Å². The third kappa shape index (κ3) is 3.44. The van der Waals surface area contributed by atoms with Crippen LogP contribution in [0.5, 0.6) is 0 Å². The van der Waals surface area contributed by atoms with Gasteiger partial charge in [0.05, 0.1) is 6.10 Å². The van der Waals surface area contributed by atoms with Crippen LogP contribution in [0.3, 0.4) is 0 Å². The van der Waals surface area contributed by atoms with Crippen LogP contribution in [0.4, 0.5) is 0 Å². The second kappa shape index (κ2) is 6.99. The summed E-state index contributed by atoms with van der Waals surface area (Å²) in [7, 11) is 0. The van der Waals surface area contributed by atoms with E-state index in [1.807, 2.05) is 6.92 Å². The maximum atomic E-state index is 11.6. The van der Waals surface area contributed by atoms with E-state index in [0.717, 1.165) is 37.5 Å². The van der Waals surface area contributed by atoms with E-state index in [1.165, 1.54) is 0 Å². The molecule has 4 nitrogen and oxygen atoms in total. The molecule has 0 bridgehead atoms. The minimum atomic E-state index is -0.742. The van der Waals surface area contributed by atoms with Crippen molar-refractivity contribution in [2.24, 2.45) is 28.6 Å². The lowest BCUT2D eigenvalue weighted by Crippen LogP contribution is -2.52. The Bertz CT molecular complexity index is 526. The molecule has 2 aliphatic carbocycles. The largest absolute Gasteiger partial charge is 0.481 e. The number of rotatable bonds is 6. The average molecular weight is 336 g/mol. The average Bonchev–Trinajstić information content (AvgIpc) is 2.50. The van der Waals surface area contributed by atoms with Crippen molar-refractivity contribution in [1.29, 1.82) is 0 Å². The predicted octanol–water partition coefficient (Wildman–Crippen LogP) is 3.83. The summed E-state index contributed by atoms with van der Waals surface area (Å²) >= 11 is 0. The minimum Gasteiger partial charge on any atom is -0.481 e. The van der Waals surface area contributed by atoms with Crippen molar-refractivity contribution in [3.8, 4) is 0 Å². The number of hydrogen-bond acceptors (Lipinski definition) is 3. The lowest BCUT2D eigenvalue weighted by atomic mass is 9.46. The van der Waals surface area contributed by atoms with Gasteiger partial charge in [0.2, 0.25) is 0 Å². The van der Waals surface area contributed by atoms with Crippen LogP contribution in [0, 0.1) is 28.6 Å². The highest BCUT2D eigenvalue weighted by Gasteiger charge is 2.55. The van der Waals surface area contributed by atoms with Crippen LogP contribution < -0.4 is 0 Å². The predicted molar refractivity (Wildman–Crippen MR) is 93.5 cm³/mol. The lowest BCUT2D eigenvalue weighted by molar-refractivity contribution is -0.138. The first-order chi connectivity index (χ1) is 11.1. The Hall–Kier alpha value is -1.16. The summed E-state index contributed by atoms with van der Waals surface area (Å²) in [5.41, 5.74) is 0.601. The molecule has 2 N–H and O–H groups in total. The molecule has 0 aromatic heterocycles. The first-order valence-electron chi connectivity index (χ1n) is 9.20. The molecule has 6 atom stereocenters. The van der Waals surface area contributed by atoms with E-state index in [1.54, 1.807) is 6.08 Å². The molecular weight excluding hydrogens is 304 g/mol. The molecule has 0 saturated heterocycles. The summed E-state index contributed by atoms with van der Waals surface area (Å²) in [6.45, 7) is 8.73. The van der Waals surface area contributed by atoms with Crippen molar-refractivity contribution in [2.45, 2.75) is 72.3 Å². The van der Waals surface area contributed by atoms with Crippen molar-refractivity contribution in [3.05, 3.63) is 11.6 Å². The molecule has 0 aliphatic heterocycles. The minimum absolute atomic E-state index is 0.0171. The SMILES string of the molecule is C[C@H](CC[C@]1(C)[C@H]2C[C@H](O)C=C(C=O)[C@@]2(C)CC[C@@H]1C)CC(=O)O. The van der Waals surface area contributed by atoms with Gasteiger partial charge in [0.1, 0.15) is 6.29 Å². The molecule has 1 saturated carbocycles. The molecule has 136 valence electrons. The first kappa shape index (κ1) is 19.2. The smallest absolute Gasteiger partial charge is 0.303 e. The standard InChI is InChI=1S/C20H32O4/c1-13(9-18(23)24)5-7-19(3)14(2)6-8-20(4)15(12-21)10-16(22)11-17(19)20/h10,12-14,16-17,22H,5-9,11H2,1-4H3,(H,23,24)/t13-,14+,16-,17-,19+,20-/m1/s1. The molecule has 0 radical (unpaired) electrons. The summed E-state index contributed by atoms with van der Waals surface area (Å²) in [5, 5.41) is 19.3. The van der Waals surface area contributed by atoms with Gasteiger partial charge in [-0.2, -0.15) is 0 Å². The molecule has 2 aliphatic rings. The van der Waals surface area contributed by atoms with Crippen LogP contribution >= 0.6 is 0 Å². The second-order valence-corrected chi connectivity index (χ2v) is 8.70. The fourth-order valence-electron chi connectivity index (χ4n) is 5.23. The lowest BCUT2D eigenvalue weighted by Gasteiger charge is -2.58. The van der Waals surface area contributed by atoms with Crippen molar-refractivity contribution in [3.63, 3.8) is 0 Å². The van der Waals surface area contributed by atoms with Crippen LogP contribution in [0.2, 0.25) is 0 Å². The van der Waals surface area contributed by atoms with Crippen molar-refractivity contribution in [1.82, 2.24) is 0 Å². The highest BCUT2D eigenvalue weighted by atomic mass is 16.4.